The fourth-order valence-electron chi connectivity index (χ4n) is 8.78. The second kappa shape index (κ2) is 11.8. The first-order valence-electron chi connectivity index (χ1n) is 18.3. The number of nitriles is 2. The van der Waals surface area contributed by atoms with Crippen molar-refractivity contribution in [1.82, 2.24) is 13.7 Å². The van der Waals surface area contributed by atoms with Gasteiger partial charge in [-0.25, -0.2) is 0 Å². The molecule has 11 rings (SSSR count). The normalized spacial score (nSPS) is 11.6. The van der Waals surface area contributed by atoms with Crippen LogP contribution in [0.2, 0.25) is 0 Å². The molecule has 0 N–H and O–H groups in total. The first kappa shape index (κ1) is 30.7. The maximum Gasteiger partial charge on any atom is 0.0998 e. The van der Waals surface area contributed by atoms with Crippen molar-refractivity contribution in [2.24, 2.45) is 0 Å². The van der Waals surface area contributed by atoms with Crippen LogP contribution in [-0.2, 0) is 0 Å². The van der Waals surface area contributed by atoms with E-state index in [1.807, 2.05) is 42.5 Å². The van der Waals surface area contributed by atoms with E-state index in [0.717, 1.165) is 82.8 Å². The highest BCUT2D eigenvalue weighted by Crippen LogP contribution is 2.41. The van der Waals surface area contributed by atoms with E-state index >= 15 is 0 Å². The van der Waals surface area contributed by atoms with Crippen LogP contribution in [-0.4, -0.2) is 13.7 Å². The van der Waals surface area contributed by atoms with Crippen LogP contribution in [0, 0.1) is 22.7 Å². The molecule has 254 valence electrons. The van der Waals surface area contributed by atoms with E-state index in [0.29, 0.717) is 11.1 Å². The first-order valence-corrected chi connectivity index (χ1v) is 18.3. The molecule has 0 bridgehead atoms. The first-order chi connectivity index (χ1) is 27.2. The van der Waals surface area contributed by atoms with E-state index in [2.05, 4.69) is 159 Å². The van der Waals surface area contributed by atoms with Crippen molar-refractivity contribution in [3.8, 4) is 40.3 Å². The van der Waals surface area contributed by atoms with Crippen LogP contribution in [0.3, 0.4) is 0 Å². The predicted octanol–water partition coefficient (Wildman–Crippen LogP) is 12.4. The van der Waals surface area contributed by atoms with Crippen molar-refractivity contribution >= 4 is 65.4 Å². The highest BCUT2D eigenvalue weighted by Gasteiger charge is 2.20. The zero-order valence-electron chi connectivity index (χ0n) is 29.5. The largest absolute Gasteiger partial charge is 0.309 e. The van der Waals surface area contributed by atoms with Crippen molar-refractivity contribution < 1.29 is 0 Å². The molecule has 11 aromatic rings. The van der Waals surface area contributed by atoms with Crippen molar-refractivity contribution in [2.45, 2.75) is 0 Å². The lowest BCUT2D eigenvalue weighted by molar-refractivity contribution is 1.15. The standard InChI is InChI=1S/C50H29N5/c51-30-32-20-26-41-39-13-3-5-15-43(39)53(48(41)28-32)35-23-21-33(22-24-35)50-34(31-52)10-9-19-47(50)55-46-18-8-4-14-40(46)42-27-25-36(29-49(42)55)54-44-16-6-1-11-37(44)38-12-2-7-17-45(38)54/h1-29H. The molecule has 0 unspecified atom stereocenters. The van der Waals surface area contributed by atoms with E-state index < -0.39 is 0 Å². The summed E-state index contributed by atoms with van der Waals surface area (Å²) >= 11 is 0. The molecule has 0 amide bonds. The average molecular weight is 700 g/mol. The van der Waals surface area contributed by atoms with Crippen LogP contribution in [0.1, 0.15) is 11.1 Å². The zero-order valence-corrected chi connectivity index (χ0v) is 29.5. The molecular formula is C50H29N5. The third-order valence-corrected chi connectivity index (χ3v) is 11.1. The fourth-order valence-corrected chi connectivity index (χ4v) is 8.78. The van der Waals surface area contributed by atoms with E-state index in [4.69, 9.17) is 0 Å². The SMILES string of the molecule is N#Cc1ccc2c3ccccc3n(-c3ccc(-c4c(C#N)cccc4-n4c5ccccc5c5ccc(-n6c7ccccc7c7ccccc76)cc54)cc3)c2c1. The molecule has 0 aliphatic rings. The van der Waals surface area contributed by atoms with Gasteiger partial charge in [-0.3, -0.25) is 0 Å². The lowest BCUT2D eigenvalue weighted by Gasteiger charge is -2.17. The number of hydrogen-bond donors (Lipinski definition) is 0. The maximum atomic E-state index is 10.6. The molecule has 55 heavy (non-hydrogen) atoms. The van der Waals surface area contributed by atoms with E-state index in [-0.39, 0.29) is 0 Å². The predicted molar refractivity (Wildman–Crippen MR) is 224 cm³/mol. The van der Waals surface area contributed by atoms with Gasteiger partial charge in [-0.15, -0.1) is 0 Å². The number of rotatable bonds is 4. The van der Waals surface area contributed by atoms with Gasteiger partial charge in [-0.2, -0.15) is 10.5 Å². The average Bonchev–Trinajstić information content (AvgIpc) is 3.88. The molecule has 3 heterocycles. The molecule has 3 aromatic heterocycles. The second-order valence-corrected chi connectivity index (χ2v) is 14.0. The van der Waals surface area contributed by atoms with Crippen LogP contribution < -0.4 is 0 Å². The summed E-state index contributed by atoms with van der Waals surface area (Å²) in [6.45, 7) is 0. The summed E-state index contributed by atoms with van der Waals surface area (Å²) in [6, 6.07) is 65.9. The van der Waals surface area contributed by atoms with Crippen LogP contribution >= 0.6 is 0 Å². The highest BCUT2D eigenvalue weighted by molar-refractivity contribution is 6.13. The summed E-state index contributed by atoms with van der Waals surface area (Å²) < 4.78 is 6.89. The Kier molecular flexibility index (Phi) is 6.61. The van der Waals surface area contributed by atoms with Gasteiger partial charge in [0.2, 0.25) is 0 Å². The second-order valence-electron chi connectivity index (χ2n) is 14.0. The minimum Gasteiger partial charge on any atom is -0.309 e. The molecule has 0 fully saturated rings. The minimum atomic E-state index is 0.602. The number of nitrogens with zero attached hydrogens (tertiary/aromatic N) is 5. The highest BCUT2D eigenvalue weighted by atomic mass is 15.0. The Labute approximate surface area is 316 Å². The molecule has 0 saturated heterocycles. The van der Waals surface area contributed by atoms with Crippen molar-refractivity contribution in [2.75, 3.05) is 0 Å². The van der Waals surface area contributed by atoms with Crippen molar-refractivity contribution in [1.29, 1.82) is 10.5 Å². The maximum absolute atomic E-state index is 10.6. The number of aromatic nitrogens is 3. The lowest BCUT2D eigenvalue weighted by atomic mass is 9.97. The third kappa shape index (κ3) is 4.45. The van der Waals surface area contributed by atoms with Gasteiger partial charge in [0.25, 0.3) is 0 Å². The van der Waals surface area contributed by atoms with Gasteiger partial charge in [-0.05, 0) is 78.4 Å². The summed E-state index contributed by atoms with van der Waals surface area (Å²) in [6.07, 6.45) is 0. The Hall–Kier alpha value is -7.86. The Morgan fingerprint density at radius 3 is 1.38 bits per heavy atom. The molecule has 0 radical (unpaired) electrons. The molecule has 5 heteroatoms. The van der Waals surface area contributed by atoms with E-state index in [1.54, 1.807) is 0 Å². The summed E-state index contributed by atoms with van der Waals surface area (Å²) in [5, 5.41) is 27.3. The quantitative estimate of drug-likeness (QED) is 0.184. The third-order valence-electron chi connectivity index (χ3n) is 11.1. The molecule has 0 spiro atoms. The molecule has 0 atom stereocenters. The minimum absolute atomic E-state index is 0.602. The fraction of sp³-hybridized carbons (Fsp3) is 0. The van der Waals surface area contributed by atoms with Crippen LogP contribution in [0.25, 0.3) is 93.6 Å². The Balaban J connectivity index is 1.14. The summed E-state index contributed by atoms with van der Waals surface area (Å²) in [5.41, 5.74) is 12.5. The number of hydrogen-bond acceptors (Lipinski definition) is 2. The van der Waals surface area contributed by atoms with E-state index in [1.165, 1.54) is 10.8 Å². The number of para-hydroxylation sites is 4. The number of fused-ring (bicyclic) bond motifs is 9. The Morgan fingerprint density at radius 2 is 0.818 bits per heavy atom. The van der Waals surface area contributed by atoms with E-state index in [9.17, 15) is 10.5 Å². The van der Waals surface area contributed by atoms with Gasteiger partial charge in [0.1, 0.15) is 0 Å². The lowest BCUT2D eigenvalue weighted by Crippen LogP contribution is -2.01. The smallest absolute Gasteiger partial charge is 0.0998 e. The van der Waals surface area contributed by atoms with Gasteiger partial charge < -0.3 is 13.7 Å². The topological polar surface area (TPSA) is 62.4 Å². The molecule has 0 aliphatic carbocycles. The molecule has 0 saturated carbocycles. The molecule has 8 aromatic carbocycles. The Morgan fingerprint density at radius 1 is 0.345 bits per heavy atom. The summed E-state index contributed by atoms with van der Waals surface area (Å²) in [5.74, 6) is 0. The molecule has 5 nitrogen and oxygen atoms in total. The zero-order chi connectivity index (χ0) is 36.6. The van der Waals surface area contributed by atoms with Gasteiger partial charge in [0, 0.05) is 49.3 Å². The van der Waals surface area contributed by atoms with Crippen LogP contribution in [0.4, 0.5) is 0 Å². The van der Waals surface area contributed by atoms with Gasteiger partial charge in [0.05, 0.1) is 62.1 Å². The molecular weight excluding hydrogens is 671 g/mol. The molecule has 0 aliphatic heterocycles. The monoisotopic (exact) mass is 699 g/mol. The van der Waals surface area contributed by atoms with Gasteiger partial charge >= 0.3 is 0 Å². The van der Waals surface area contributed by atoms with Crippen LogP contribution in [0.5, 0.6) is 0 Å². The van der Waals surface area contributed by atoms with Crippen molar-refractivity contribution in [3.63, 3.8) is 0 Å². The van der Waals surface area contributed by atoms with Gasteiger partial charge in [-0.1, -0.05) is 103 Å². The summed E-state index contributed by atoms with van der Waals surface area (Å²) in [4.78, 5) is 0. The number of benzene rings is 8. The van der Waals surface area contributed by atoms with Crippen LogP contribution in [0.15, 0.2) is 176 Å². The van der Waals surface area contributed by atoms with Gasteiger partial charge in [0.15, 0.2) is 0 Å². The Bertz CT molecular complexity index is 3400. The summed E-state index contributed by atoms with van der Waals surface area (Å²) in [7, 11) is 0. The van der Waals surface area contributed by atoms with Crippen molar-refractivity contribution in [3.05, 3.63) is 187 Å².